The molecule has 1 aromatic carbocycles. The van der Waals surface area contributed by atoms with Gasteiger partial charge in [-0.1, -0.05) is 23.1 Å². The first-order valence-electron chi connectivity index (χ1n) is 5.73. The summed E-state index contributed by atoms with van der Waals surface area (Å²) in [6, 6.07) is 5.65. The molecule has 1 aromatic heterocycles. The SMILES string of the molecule is C[C@H](Sc1nncs1)C(=O)Nc1ccc(S(N)(=O)=O)cc1. The van der Waals surface area contributed by atoms with E-state index in [4.69, 9.17) is 5.14 Å². The number of benzene rings is 1. The lowest BCUT2D eigenvalue weighted by molar-refractivity contribution is -0.115. The molecular formula is C11H12N4O3S3. The van der Waals surface area contributed by atoms with Crippen LogP contribution in [0.2, 0.25) is 0 Å². The number of primary sulfonamides is 1. The van der Waals surface area contributed by atoms with Crippen LogP contribution in [0.1, 0.15) is 6.92 Å². The van der Waals surface area contributed by atoms with Gasteiger partial charge in [0.1, 0.15) is 5.51 Å². The zero-order valence-electron chi connectivity index (χ0n) is 10.9. The number of thioether (sulfide) groups is 1. The van der Waals surface area contributed by atoms with Crippen molar-refractivity contribution in [1.82, 2.24) is 10.2 Å². The molecule has 112 valence electrons. The van der Waals surface area contributed by atoms with Crippen LogP contribution in [0.3, 0.4) is 0 Å². The smallest absolute Gasteiger partial charge is 0.238 e. The molecule has 0 aliphatic rings. The van der Waals surface area contributed by atoms with E-state index in [9.17, 15) is 13.2 Å². The van der Waals surface area contributed by atoms with Crippen LogP contribution >= 0.6 is 23.1 Å². The highest BCUT2D eigenvalue weighted by molar-refractivity contribution is 8.02. The number of nitrogens with one attached hydrogen (secondary N) is 1. The number of nitrogens with two attached hydrogens (primary N) is 1. The quantitative estimate of drug-likeness (QED) is 0.790. The fraction of sp³-hybridized carbons (Fsp3) is 0.182. The molecule has 0 aliphatic carbocycles. The van der Waals surface area contributed by atoms with Crippen molar-refractivity contribution in [3.05, 3.63) is 29.8 Å². The van der Waals surface area contributed by atoms with E-state index in [1.54, 1.807) is 12.4 Å². The summed E-state index contributed by atoms with van der Waals surface area (Å²) in [5, 5.41) is 14.9. The largest absolute Gasteiger partial charge is 0.325 e. The number of hydrogen-bond acceptors (Lipinski definition) is 7. The van der Waals surface area contributed by atoms with Crippen LogP contribution in [0, 0.1) is 0 Å². The first kappa shape index (κ1) is 15.9. The van der Waals surface area contributed by atoms with Gasteiger partial charge >= 0.3 is 0 Å². The van der Waals surface area contributed by atoms with Gasteiger partial charge in [0, 0.05) is 5.69 Å². The Bertz CT molecular complexity index is 714. The van der Waals surface area contributed by atoms with E-state index in [-0.39, 0.29) is 16.1 Å². The van der Waals surface area contributed by atoms with Gasteiger partial charge in [0.25, 0.3) is 0 Å². The number of amides is 1. The summed E-state index contributed by atoms with van der Waals surface area (Å²) in [6.07, 6.45) is 0. The first-order chi connectivity index (χ1) is 9.86. The molecule has 0 fully saturated rings. The topological polar surface area (TPSA) is 115 Å². The molecule has 0 spiro atoms. The van der Waals surface area contributed by atoms with E-state index in [0.717, 1.165) is 0 Å². The Morgan fingerprint density at radius 3 is 2.57 bits per heavy atom. The molecule has 7 nitrogen and oxygen atoms in total. The van der Waals surface area contributed by atoms with Crippen molar-refractivity contribution in [2.24, 2.45) is 5.14 Å². The fourth-order valence-corrected chi connectivity index (χ4v) is 3.53. The monoisotopic (exact) mass is 344 g/mol. The van der Waals surface area contributed by atoms with Gasteiger partial charge in [-0.15, -0.1) is 10.2 Å². The van der Waals surface area contributed by atoms with E-state index in [2.05, 4.69) is 15.5 Å². The van der Waals surface area contributed by atoms with Crippen LogP contribution < -0.4 is 10.5 Å². The van der Waals surface area contributed by atoms with Gasteiger partial charge in [-0.25, -0.2) is 13.6 Å². The molecule has 0 aliphatic heterocycles. The summed E-state index contributed by atoms with van der Waals surface area (Å²) in [7, 11) is -3.73. The number of nitrogens with zero attached hydrogens (tertiary/aromatic N) is 2. The summed E-state index contributed by atoms with van der Waals surface area (Å²) in [5.74, 6) is -0.210. The van der Waals surface area contributed by atoms with E-state index >= 15 is 0 Å². The maximum atomic E-state index is 12.0. The Morgan fingerprint density at radius 2 is 2.05 bits per heavy atom. The maximum Gasteiger partial charge on any atom is 0.238 e. The third-order valence-corrected chi connectivity index (χ3v) is 5.28. The minimum absolute atomic E-state index is 0.00298. The van der Waals surface area contributed by atoms with Gasteiger partial charge in [0.15, 0.2) is 4.34 Å². The Kier molecular flexibility index (Phi) is 4.93. The van der Waals surface area contributed by atoms with E-state index in [1.165, 1.54) is 47.4 Å². The second-order valence-corrected chi connectivity index (χ2v) is 8.01. The standard InChI is InChI=1S/C11H12N4O3S3/c1-7(20-11-15-13-6-19-11)10(16)14-8-2-4-9(5-3-8)21(12,17)18/h2-7H,1H3,(H,14,16)(H2,12,17,18)/t7-/m0/s1. The third kappa shape index (κ3) is 4.49. The summed E-state index contributed by atoms with van der Waals surface area (Å²) in [5.41, 5.74) is 2.09. The van der Waals surface area contributed by atoms with Crippen LogP contribution in [0.25, 0.3) is 0 Å². The van der Waals surface area contributed by atoms with Crippen LogP contribution in [-0.4, -0.2) is 29.8 Å². The lowest BCUT2D eigenvalue weighted by atomic mass is 10.3. The van der Waals surface area contributed by atoms with Crippen LogP contribution in [0.15, 0.2) is 39.0 Å². The molecule has 21 heavy (non-hydrogen) atoms. The summed E-state index contributed by atoms with van der Waals surface area (Å²) in [4.78, 5) is 12.0. The van der Waals surface area contributed by atoms with Gasteiger partial charge in [-0.3, -0.25) is 4.79 Å². The molecule has 0 unspecified atom stereocenters. The number of hydrogen-bond donors (Lipinski definition) is 2. The molecule has 1 atom stereocenters. The summed E-state index contributed by atoms with van der Waals surface area (Å²) >= 11 is 2.66. The van der Waals surface area contributed by atoms with Crippen molar-refractivity contribution in [3.63, 3.8) is 0 Å². The molecular weight excluding hydrogens is 332 g/mol. The van der Waals surface area contributed by atoms with E-state index in [1.807, 2.05) is 0 Å². The second kappa shape index (κ2) is 6.52. The zero-order valence-corrected chi connectivity index (χ0v) is 13.3. The average molecular weight is 344 g/mol. The number of carbonyl (C=O) groups is 1. The minimum Gasteiger partial charge on any atom is -0.325 e. The molecule has 2 aromatic rings. The normalized spacial score (nSPS) is 12.9. The summed E-state index contributed by atoms with van der Waals surface area (Å²) < 4.78 is 23.0. The lowest BCUT2D eigenvalue weighted by Crippen LogP contribution is -2.22. The molecule has 0 radical (unpaired) electrons. The maximum absolute atomic E-state index is 12.0. The highest BCUT2D eigenvalue weighted by atomic mass is 32.2. The highest BCUT2D eigenvalue weighted by Crippen LogP contribution is 2.25. The predicted molar refractivity (Wildman–Crippen MR) is 81.7 cm³/mol. The first-order valence-corrected chi connectivity index (χ1v) is 9.03. The molecule has 0 bridgehead atoms. The Balaban J connectivity index is 1.99. The molecule has 1 heterocycles. The Hall–Kier alpha value is -1.49. The number of aromatic nitrogens is 2. The van der Waals surface area contributed by atoms with E-state index < -0.39 is 10.0 Å². The lowest BCUT2D eigenvalue weighted by Gasteiger charge is -2.10. The second-order valence-electron chi connectivity index (χ2n) is 4.02. The number of sulfonamides is 1. The minimum atomic E-state index is -3.73. The van der Waals surface area contributed by atoms with Crippen molar-refractivity contribution in [3.8, 4) is 0 Å². The molecule has 3 N–H and O–H groups in total. The Morgan fingerprint density at radius 1 is 1.38 bits per heavy atom. The fourth-order valence-electron chi connectivity index (χ4n) is 1.39. The average Bonchev–Trinajstić information content (AvgIpc) is 2.91. The molecule has 2 rings (SSSR count). The molecule has 0 saturated heterocycles. The number of rotatable bonds is 5. The van der Waals surface area contributed by atoms with Crippen LogP contribution in [0.5, 0.6) is 0 Å². The van der Waals surface area contributed by atoms with Crippen LogP contribution in [0.4, 0.5) is 5.69 Å². The summed E-state index contributed by atoms with van der Waals surface area (Å²) in [6.45, 7) is 1.75. The van der Waals surface area contributed by atoms with Crippen molar-refractivity contribution in [2.75, 3.05) is 5.32 Å². The van der Waals surface area contributed by atoms with Gasteiger partial charge < -0.3 is 5.32 Å². The van der Waals surface area contributed by atoms with Gasteiger partial charge in [0.2, 0.25) is 15.9 Å². The van der Waals surface area contributed by atoms with Gasteiger partial charge in [-0.05, 0) is 31.2 Å². The van der Waals surface area contributed by atoms with Gasteiger partial charge in [0.05, 0.1) is 10.1 Å². The van der Waals surface area contributed by atoms with Crippen molar-refractivity contribution in [1.29, 1.82) is 0 Å². The zero-order chi connectivity index (χ0) is 15.5. The number of carbonyl (C=O) groups excluding carboxylic acids is 1. The van der Waals surface area contributed by atoms with Crippen molar-refractivity contribution >= 4 is 44.7 Å². The van der Waals surface area contributed by atoms with Crippen LogP contribution in [-0.2, 0) is 14.8 Å². The third-order valence-electron chi connectivity index (χ3n) is 2.44. The van der Waals surface area contributed by atoms with Gasteiger partial charge in [-0.2, -0.15) is 0 Å². The highest BCUT2D eigenvalue weighted by Gasteiger charge is 2.16. The molecule has 10 heteroatoms. The van der Waals surface area contributed by atoms with Crippen molar-refractivity contribution in [2.45, 2.75) is 21.4 Å². The number of anilines is 1. The van der Waals surface area contributed by atoms with E-state index in [0.29, 0.717) is 10.0 Å². The Labute approximate surface area is 130 Å². The predicted octanol–water partition coefficient (Wildman–Crippen LogP) is 1.30. The molecule has 1 amide bonds. The molecule has 0 saturated carbocycles. The van der Waals surface area contributed by atoms with Crippen molar-refractivity contribution < 1.29 is 13.2 Å².